The molecule has 19 heavy (non-hydrogen) atoms. The summed E-state index contributed by atoms with van der Waals surface area (Å²) >= 11 is 0. The van der Waals surface area contributed by atoms with Crippen LogP contribution in [0.5, 0.6) is 5.75 Å². The number of ether oxygens (including phenoxy) is 1. The van der Waals surface area contributed by atoms with E-state index in [1.165, 1.54) is 0 Å². The topological polar surface area (TPSA) is 49.8 Å². The predicted molar refractivity (Wildman–Crippen MR) is 73.8 cm³/mol. The van der Waals surface area contributed by atoms with Crippen LogP contribution in [0.2, 0.25) is 0 Å². The van der Waals surface area contributed by atoms with Crippen molar-refractivity contribution in [1.29, 1.82) is 0 Å². The quantitative estimate of drug-likeness (QED) is 0.885. The van der Waals surface area contributed by atoms with E-state index in [2.05, 4.69) is 4.90 Å². The number of aliphatic carboxylic acids is 1. The molecule has 1 aliphatic heterocycles. The molecule has 0 radical (unpaired) electrons. The summed E-state index contributed by atoms with van der Waals surface area (Å²) in [7, 11) is 1.59. The van der Waals surface area contributed by atoms with Crippen molar-refractivity contribution in [2.75, 3.05) is 26.7 Å². The van der Waals surface area contributed by atoms with Gasteiger partial charge in [-0.25, -0.2) is 0 Å². The minimum atomic E-state index is -0.782. The van der Waals surface area contributed by atoms with Crippen LogP contribution < -0.4 is 4.74 Å². The van der Waals surface area contributed by atoms with Crippen molar-refractivity contribution < 1.29 is 14.6 Å². The number of hydrogen-bond acceptors (Lipinski definition) is 3. The first-order chi connectivity index (χ1) is 9.11. The summed E-state index contributed by atoms with van der Waals surface area (Å²) in [6.07, 6.45) is 2.33. The highest BCUT2D eigenvalue weighted by molar-refractivity contribution is 5.77. The first kappa shape index (κ1) is 13.9. The summed E-state index contributed by atoms with van der Waals surface area (Å²) in [5.41, 5.74) is 1.84. The number of carboxylic acid groups (broad SMARTS) is 1. The lowest BCUT2D eigenvalue weighted by Gasteiger charge is -2.22. The van der Waals surface area contributed by atoms with E-state index in [1.54, 1.807) is 7.11 Å². The first-order valence-electron chi connectivity index (χ1n) is 6.71. The highest BCUT2D eigenvalue weighted by atomic mass is 16.5. The van der Waals surface area contributed by atoms with E-state index in [-0.39, 0.29) is 0 Å². The van der Waals surface area contributed by atoms with Gasteiger partial charge in [-0.15, -0.1) is 0 Å². The molecule has 1 atom stereocenters. The van der Waals surface area contributed by atoms with Gasteiger partial charge in [-0.2, -0.15) is 0 Å². The summed E-state index contributed by atoms with van der Waals surface area (Å²) in [6, 6.07) is 5.72. The van der Waals surface area contributed by atoms with E-state index in [1.807, 2.05) is 25.1 Å². The van der Waals surface area contributed by atoms with Gasteiger partial charge in [-0.3, -0.25) is 4.79 Å². The normalized spacial score (nSPS) is 17.4. The van der Waals surface area contributed by atoms with Crippen molar-refractivity contribution in [3.05, 3.63) is 29.3 Å². The summed E-state index contributed by atoms with van der Waals surface area (Å²) in [5, 5.41) is 9.52. The predicted octanol–water partition coefficient (Wildman–Crippen LogP) is 2.27. The zero-order valence-corrected chi connectivity index (χ0v) is 11.6. The Morgan fingerprint density at radius 2 is 2.11 bits per heavy atom. The maximum atomic E-state index is 11.6. The summed E-state index contributed by atoms with van der Waals surface area (Å²) in [6.45, 7) is 4.53. The molecule has 0 spiro atoms. The Morgan fingerprint density at radius 3 is 2.68 bits per heavy atom. The van der Waals surface area contributed by atoms with E-state index < -0.39 is 11.9 Å². The van der Waals surface area contributed by atoms with E-state index in [9.17, 15) is 9.90 Å². The number of likely N-dealkylation sites (tertiary alicyclic amines) is 1. The van der Waals surface area contributed by atoms with Crippen LogP contribution in [0, 0.1) is 6.92 Å². The molecule has 0 bridgehead atoms. The third-order valence-corrected chi connectivity index (χ3v) is 3.70. The first-order valence-corrected chi connectivity index (χ1v) is 6.71. The van der Waals surface area contributed by atoms with E-state index in [0.29, 0.717) is 12.3 Å². The van der Waals surface area contributed by atoms with Crippen molar-refractivity contribution in [1.82, 2.24) is 4.90 Å². The molecule has 1 aromatic rings. The smallest absolute Gasteiger partial charge is 0.312 e. The molecule has 0 amide bonds. The second-order valence-corrected chi connectivity index (χ2v) is 5.14. The number of nitrogens with zero attached hydrogens (tertiary/aromatic N) is 1. The lowest BCUT2D eigenvalue weighted by molar-refractivity contribution is -0.139. The lowest BCUT2D eigenvalue weighted by atomic mass is 9.96. The van der Waals surface area contributed by atoms with E-state index in [4.69, 9.17) is 4.74 Å². The number of hydrogen-bond donors (Lipinski definition) is 1. The van der Waals surface area contributed by atoms with Crippen molar-refractivity contribution >= 4 is 5.97 Å². The molecule has 1 aromatic carbocycles. The number of carbonyl (C=O) groups is 1. The molecule has 0 saturated carbocycles. The Kier molecular flexibility index (Phi) is 4.43. The molecule has 0 aliphatic carbocycles. The molecule has 1 unspecified atom stereocenters. The van der Waals surface area contributed by atoms with Gasteiger partial charge in [0.25, 0.3) is 0 Å². The molecule has 1 heterocycles. The molecule has 2 rings (SSSR count). The van der Waals surface area contributed by atoms with Crippen LogP contribution in [0.3, 0.4) is 0 Å². The highest BCUT2D eigenvalue weighted by Crippen LogP contribution is 2.29. The van der Waals surface area contributed by atoms with Gasteiger partial charge < -0.3 is 14.7 Å². The van der Waals surface area contributed by atoms with Gasteiger partial charge in [0.2, 0.25) is 0 Å². The van der Waals surface area contributed by atoms with E-state index in [0.717, 1.165) is 37.1 Å². The minimum absolute atomic E-state index is 0.520. The van der Waals surface area contributed by atoms with E-state index >= 15 is 0 Å². The molecule has 104 valence electrons. The van der Waals surface area contributed by atoms with Crippen molar-refractivity contribution in [2.45, 2.75) is 25.7 Å². The molecule has 4 heteroatoms. The molecule has 1 N–H and O–H groups in total. The van der Waals surface area contributed by atoms with Gasteiger partial charge in [0.1, 0.15) is 5.75 Å². The largest absolute Gasteiger partial charge is 0.496 e. The second-order valence-electron chi connectivity index (χ2n) is 5.14. The van der Waals surface area contributed by atoms with Crippen LogP contribution >= 0.6 is 0 Å². The Balaban J connectivity index is 2.27. The van der Waals surface area contributed by atoms with Crippen molar-refractivity contribution in [3.63, 3.8) is 0 Å². The lowest BCUT2D eigenvalue weighted by Crippen LogP contribution is -2.30. The van der Waals surface area contributed by atoms with Crippen LogP contribution in [-0.2, 0) is 4.79 Å². The Bertz CT molecular complexity index is 453. The maximum absolute atomic E-state index is 11.6. The number of methoxy groups -OCH3 is 1. The standard InChI is InChI=1S/C15H21NO3/c1-11-5-6-14(19-2)12(9-11)13(15(17)18)10-16-7-3-4-8-16/h5-6,9,13H,3-4,7-8,10H2,1-2H3,(H,17,18). The fraction of sp³-hybridized carbons (Fsp3) is 0.533. The molecular weight excluding hydrogens is 242 g/mol. The fourth-order valence-corrected chi connectivity index (χ4v) is 2.66. The van der Waals surface area contributed by atoms with Crippen molar-refractivity contribution in [2.24, 2.45) is 0 Å². The molecular formula is C15H21NO3. The third-order valence-electron chi connectivity index (χ3n) is 3.70. The third kappa shape index (κ3) is 3.26. The number of benzene rings is 1. The number of carboxylic acids is 1. The van der Waals surface area contributed by atoms with Crippen LogP contribution in [0.4, 0.5) is 0 Å². The zero-order valence-electron chi connectivity index (χ0n) is 11.6. The zero-order chi connectivity index (χ0) is 13.8. The monoisotopic (exact) mass is 263 g/mol. The van der Waals surface area contributed by atoms with Crippen molar-refractivity contribution in [3.8, 4) is 5.75 Å². The molecule has 1 fully saturated rings. The Morgan fingerprint density at radius 1 is 1.42 bits per heavy atom. The van der Waals surface area contributed by atoms with Crippen LogP contribution in [0.1, 0.15) is 29.9 Å². The number of rotatable bonds is 5. The summed E-state index contributed by atoms with van der Waals surface area (Å²) in [4.78, 5) is 13.8. The molecule has 1 saturated heterocycles. The van der Waals surface area contributed by atoms with Gasteiger partial charge in [0, 0.05) is 12.1 Å². The Labute approximate surface area is 114 Å². The summed E-state index contributed by atoms with van der Waals surface area (Å²) in [5.74, 6) is -0.638. The molecule has 4 nitrogen and oxygen atoms in total. The van der Waals surface area contributed by atoms with Gasteiger partial charge in [-0.05, 0) is 38.9 Å². The average molecular weight is 263 g/mol. The fourth-order valence-electron chi connectivity index (χ4n) is 2.66. The average Bonchev–Trinajstić information content (AvgIpc) is 2.88. The van der Waals surface area contributed by atoms with Gasteiger partial charge in [0.15, 0.2) is 0 Å². The molecule has 0 aromatic heterocycles. The SMILES string of the molecule is COc1ccc(C)cc1C(CN1CCCC1)C(=O)O. The molecule has 1 aliphatic rings. The summed E-state index contributed by atoms with van der Waals surface area (Å²) < 4.78 is 5.31. The van der Waals surface area contributed by atoms with Gasteiger partial charge >= 0.3 is 5.97 Å². The minimum Gasteiger partial charge on any atom is -0.496 e. The van der Waals surface area contributed by atoms with Crippen LogP contribution in [0.25, 0.3) is 0 Å². The Hall–Kier alpha value is -1.55. The maximum Gasteiger partial charge on any atom is 0.312 e. The van der Waals surface area contributed by atoms with Gasteiger partial charge in [0.05, 0.1) is 13.0 Å². The van der Waals surface area contributed by atoms with Crippen LogP contribution in [-0.4, -0.2) is 42.7 Å². The van der Waals surface area contributed by atoms with Gasteiger partial charge in [-0.1, -0.05) is 17.7 Å². The van der Waals surface area contributed by atoms with Crippen LogP contribution in [0.15, 0.2) is 18.2 Å². The second kappa shape index (κ2) is 6.06. The highest BCUT2D eigenvalue weighted by Gasteiger charge is 2.27. The number of aryl methyl sites for hydroxylation is 1.